The van der Waals surface area contributed by atoms with E-state index in [-0.39, 0.29) is 0 Å². The van der Waals surface area contributed by atoms with E-state index in [1.54, 1.807) is 18.2 Å². The SMILES string of the molecule is O=P(O)(O)C(NCc1ccccc1)c1ccccn1. The minimum atomic E-state index is -4.31. The van der Waals surface area contributed by atoms with Crippen LogP contribution in [0.4, 0.5) is 0 Å². The molecule has 1 unspecified atom stereocenters. The van der Waals surface area contributed by atoms with Crippen molar-refractivity contribution in [3.8, 4) is 0 Å². The fourth-order valence-corrected chi connectivity index (χ4v) is 2.57. The van der Waals surface area contributed by atoms with Crippen molar-refractivity contribution in [3.63, 3.8) is 0 Å². The van der Waals surface area contributed by atoms with Crippen molar-refractivity contribution in [1.29, 1.82) is 0 Å². The smallest absolute Gasteiger partial charge is 0.323 e. The van der Waals surface area contributed by atoms with Crippen LogP contribution in [0.15, 0.2) is 54.7 Å². The molecule has 2 rings (SSSR count). The van der Waals surface area contributed by atoms with Gasteiger partial charge in [-0.2, -0.15) is 0 Å². The second-order valence-corrected chi connectivity index (χ2v) is 5.81. The Morgan fingerprint density at radius 1 is 1.11 bits per heavy atom. The molecule has 0 aliphatic heterocycles. The zero-order chi connectivity index (χ0) is 13.7. The Hall–Kier alpha value is -1.52. The first-order valence-corrected chi connectivity index (χ1v) is 7.49. The average molecular weight is 278 g/mol. The predicted octanol–water partition coefficient (Wildman–Crippen LogP) is 2.05. The van der Waals surface area contributed by atoms with E-state index in [0.717, 1.165) is 5.56 Å². The highest BCUT2D eigenvalue weighted by molar-refractivity contribution is 7.52. The summed E-state index contributed by atoms with van der Waals surface area (Å²) in [5, 5.41) is 2.87. The van der Waals surface area contributed by atoms with Crippen LogP contribution in [-0.4, -0.2) is 14.8 Å². The summed E-state index contributed by atoms with van der Waals surface area (Å²) >= 11 is 0. The van der Waals surface area contributed by atoms with Crippen LogP contribution >= 0.6 is 7.60 Å². The van der Waals surface area contributed by atoms with Crippen LogP contribution in [0.25, 0.3) is 0 Å². The second-order valence-electron chi connectivity index (χ2n) is 4.11. The molecule has 6 heteroatoms. The first-order valence-electron chi connectivity index (χ1n) is 5.81. The monoisotopic (exact) mass is 278 g/mol. The summed E-state index contributed by atoms with van der Waals surface area (Å²) in [4.78, 5) is 22.8. The van der Waals surface area contributed by atoms with Crippen molar-refractivity contribution >= 4 is 7.60 Å². The Bertz CT molecular complexity index is 557. The Balaban J connectivity index is 2.14. The summed E-state index contributed by atoms with van der Waals surface area (Å²) in [5.41, 5.74) is 1.30. The molecular formula is C13H15N2O3P. The van der Waals surface area contributed by atoms with E-state index < -0.39 is 13.4 Å². The molecule has 0 spiro atoms. The van der Waals surface area contributed by atoms with Gasteiger partial charge in [0.1, 0.15) is 0 Å². The van der Waals surface area contributed by atoms with Crippen LogP contribution in [-0.2, 0) is 11.1 Å². The van der Waals surface area contributed by atoms with Gasteiger partial charge in [-0.25, -0.2) is 0 Å². The third-order valence-electron chi connectivity index (χ3n) is 2.65. The molecule has 0 amide bonds. The molecule has 0 aliphatic rings. The zero-order valence-electron chi connectivity index (χ0n) is 10.2. The van der Waals surface area contributed by atoms with Crippen molar-refractivity contribution in [2.45, 2.75) is 12.3 Å². The molecule has 1 heterocycles. The molecule has 0 bridgehead atoms. The number of benzene rings is 1. The minimum Gasteiger partial charge on any atom is -0.323 e. The number of aromatic nitrogens is 1. The third-order valence-corrected chi connectivity index (χ3v) is 3.77. The average Bonchev–Trinajstić information content (AvgIpc) is 2.40. The third kappa shape index (κ3) is 3.98. The van der Waals surface area contributed by atoms with Gasteiger partial charge in [-0.15, -0.1) is 0 Å². The van der Waals surface area contributed by atoms with Gasteiger partial charge in [-0.05, 0) is 17.7 Å². The number of rotatable bonds is 5. The lowest BCUT2D eigenvalue weighted by molar-refractivity contribution is 0.346. The maximum absolute atomic E-state index is 11.5. The maximum Gasteiger partial charge on any atom is 0.348 e. The van der Waals surface area contributed by atoms with E-state index in [4.69, 9.17) is 0 Å². The van der Waals surface area contributed by atoms with E-state index in [9.17, 15) is 14.4 Å². The molecule has 19 heavy (non-hydrogen) atoms. The number of hydrogen-bond donors (Lipinski definition) is 3. The van der Waals surface area contributed by atoms with Crippen molar-refractivity contribution < 1.29 is 14.4 Å². The minimum absolute atomic E-state index is 0.340. The molecule has 0 fully saturated rings. The largest absolute Gasteiger partial charge is 0.348 e. The Labute approximate surface area is 111 Å². The van der Waals surface area contributed by atoms with Gasteiger partial charge in [0.15, 0.2) is 5.78 Å². The molecule has 0 aliphatic carbocycles. The quantitative estimate of drug-likeness (QED) is 0.729. The Morgan fingerprint density at radius 3 is 2.37 bits per heavy atom. The fourth-order valence-electron chi connectivity index (χ4n) is 1.74. The summed E-state index contributed by atoms with van der Waals surface area (Å²) in [6.45, 7) is 0.368. The molecule has 2 aromatic rings. The van der Waals surface area contributed by atoms with Gasteiger partial charge >= 0.3 is 7.60 Å². The Kier molecular flexibility index (Phi) is 4.45. The summed E-state index contributed by atoms with van der Waals surface area (Å²) in [5.74, 6) is -1.09. The summed E-state index contributed by atoms with van der Waals surface area (Å²) < 4.78 is 11.5. The van der Waals surface area contributed by atoms with Crippen LogP contribution in [0.5, 0.6) is 0 Å². The van der Waals surface area contributed by atoms with Gasteiger partial charge in [0.25, 0.3) is 0 Å². The van der Waals surface area contributed by atoms with Crippen molar-refractivity contribution in [1.82, 2.24) is 10.3 Å². The van der Waals surface area contributed by atoms with E-state index in [0.29, 0.717) is 12.2 Å². The zero-order valence-corrected chi connectivity index (χ0v) is 11.1. The summed E-state index contributed by atoms with van der Waals surface area (Å²) in [6.07, 6.45) is 1.52. The van der Waals surface area contributed by atoms with Crippen LogP contribution in [0, 0.1) is 0 Å². The molecule has 3 N–H and O–H groups in total. The van der Waals surface area contributed by atoms with Gasteiger partial charge in [0.05, 0.1) is 5.69 Å². The number of pyridine rings is 1. The maximum atomic E-state index is 11.5. The van der Waals surface area contributed by atoms with Crippen LogP contribution in [0.1, 0.15) is 17.0 Å². The molecule has 1 atom stereocenters. The predicted molar refractivity (Wildman–Crippen MR) is 72.3 cm³/mol. The Morgan fingerprint density at radius 2 is 1.79 bits per heavy atom. The first-order chi connectivity index (χ1) is 9.07. The van der Waals surface area contributed by atoms with Crippen molar-refractivity contribution in [2.24, 2.45) is 0 Å². The van der Waals surface area contributed by atoms with Gasteiger partial charge in [0.2, 0.25) is 0 Å². The van der Waals surface area contributed by atoms with Gasteiger partial charge in [-0.1, -0.05) is 36.4 Å². The lowest BCUT2D eigenvalue weighted by Crippen LogP contribution is -2.22. The topological polar surface area (TPSA) is 82.5 Å². The fraction of sp³-hybridized carbons (Fsp3) is 0.154. The molecule has 1 aromatic carbocycles. The van der Waals surface area contributed by atoms with Crippen molar-refractivity contribution in [2.75, 3.05) is 0 Å². The van der Waals surface area contributed by atoms with Gasteiger partial charge in [0, 0.05) is 12.7 Å². The molecule has 5 nitrogen and oxygen atoms in total. The first kappa shape index (κ1) is 13.9. The van der Waals surface area contributed by atoms with E-state index in [1.165, 1.54) is 6.20 Å². The molecular weight excluding hydrogens is 263 g/mol. The molecule has 100 valence electrons. The lowest BCUT2D eigenvalue weighted by Gasteiger charge is -2.19. The van der Waals surface area contributed by atoms with E-state index in [1.807, 2.05) is 30.3 Å². The van der Waals surface area contributed by atoms with Gasteiger partial charge in [-0.3, -0.25) is 14.9 Å². The highest BCUT2D eigenvalue weighted by Crippen LogP contribution is 2.49. The number of nitrogens with one attached hydrogen (secondary N) is 1. The second kappa shape index (κ2) is 6.08. The van der Waals surface area contributed by atoms with Crippen molar-refractivity contribution in [3.05, 3.63) is 66.0 Å². The number of hydrogen-bond acceptors (Lipinski definition) is 3. The van der Waals surface area contributed by atoms with E-state index >= 15 is 0 Å². The molecule has 1 aromatic heterocycles. The molecule has 0 saturated carbocycles. The highest BCUT2D eigenvalue weighted by atomic mass is 31.2. The highest BCUT2D eigenvalue weighted by Gasteiger charge is 2.30. The summed E-state index contributed by atoms with van der Waals surface area (Å²) in [7, 11) is -4.31. The number of nitrogens with zero attached hydrogens (tertiary/aromatic N) is 1. The van der Waals surface area contributed by atoms with E-state index in [2.05, 4.69) is 10.3 Å². The lowest BCUT2D eigenvalue weighted by atomic mass is 10.2. The van der Waals surface area contributed by atoms with Crippen LogP contribution in [0.2, 0.25) is 0 Å². The molecule has 0 radical (unpaired) electrons. The van der Waals surface area contributed by atoms with Crippen LogP contribution < -0.4 is 5.32 Å². The standard InChI is InChI=1S/C13H15N2O3P/c16-19(17,18)13(12-8-4-5-9-14-12)15-10-11-6-2-1-3-7-11/h1-9,13,15H,10H2,(H2,16,17,18). The normalized spacial score (nSPS) is 13.2. The molecule has 0 saturated heterocycles. The van der Waals surface area contributed by atoms with Gasteiger partial charge < -0.3 is 9.79 Å². The summed E-state index contributed by atoms with van der Waals surface area (Å²) in [6, 6.07) is 14.4. The van der Waals surface area contributed by atoms with Crippen LogP contribution in [0.3, 0.4) is 0 Å².